The van der Waals surface area contributed by atoms with Crippen molar-refractivity contribution < 1.29 is 14.4 Å². The first-order valence-electron chi connectivity index (χ1n) is 15.9. The van der Waals surface area contributed by atoms with Gasteiger partial charge in [0.15, 0.2) is 10.2 Å². The number of hydrogen-bond acceptors (Lipinski definition) is 8. The van der Waals surface area contributed by atoms with E-state index in [4.69, 9.17) is 9.97 Å². The lowest BCUT2D eigenvalue weighted by molar-refractivity contribution is -0.114. The van der Waals surface area contributed by atoms with Gasteiger partial charge in [-0.1, -0.05) is 66.5 Å². The van der Waals surface area contributed by atoms with E-state index in [-0.39, 0.29) is 42.9 Å². The van der Waals surface area contributed by atoms with Crippen LogP contribution < -0.4 is 0 Å². The molecule has 7 nitrogen and oxygen atoms in total. The average Bonchev–Trinajstić information content (AvgIpc) is 3.83. The Morgan fingerprint density at radius 3 is 2.32 bits per heavy atom. The quantitative estimate of drug-likeness (QED) is 0.262. The summed E-state index contributed by atoms with van der Waals surface area (Å²) in [6.45, 7) is 3.95. The van der Waals surface area contributed by atoms with Gasteiger partial charge >= 0.3 is 0 Å². The molecule has 1 saturated heterocycles. The summed E-state index contributed by atoms with van der Waals surface area (Å²) in [4.78, 5) is 56.6. The van der Waals surface area contributed by atoms with Crippen LogP contribution in [0.4, 0.5) is 0 Å². The zero-order valence-electron chi connectivity index (χ0n) is 25.7. The van der Waals surface area contributed by atoms with Gasteiger partial charge in [-0.2, -0.15) is 0 Å². The molecular formula is C37H30N4O3S3. The van der Waals surface area contributed by atoms with E-state index in [1.165, 1.54) is 35.3 Å². The molecule has 0 amide bonds. The van der Waals surface area contributed by atoms with E-state index < -0.39 is 5.92 Å². The molecule has 0 spiro atoms. The number of nitrogens with one attached hydrogen (secondary N) is 2. The molecule has 10 bridgehead atoms. The zero-order valence-corrected chi connectivity index (χ0v) is 28.1. The highest BCUT2D eigenvalue weighted by atomic mass is 32.2. The SMILES string of the molecule is CC1C=CC(C2=Cc3cc4ccc(cc5nc(cc6cc(C7C=CC(C)C(=O)S7)c(cc2n3)[nH]6)C2=C5C3CCC2SC3=O)[nH]4)C(=O)S1. The highest BCUT2D eigenvalue weighted by Crippen LogP contribution is 2.54. The Bertz CT molecular complexity index is 2220. The van der Waals surface area contributed by atoms with Gasteiger partial charge in [0.1, 0.15) is 0 Å². The van der Waals surface area contributed by atoms with E-state index in [0.29, 0.717) is 0 Å². The Kier molecular flexibility index (Phi) is 6.92. The number of aromatic nitrogens is 4. The standard InChI is InChI=1S/C37H30N4O3S3/c1-17-3-9-31(46-35(17)42)26-13-22-15-30-34-32-10-8-24(37(44)47-32)33(34)29(41-30)14-20-6-5-19(38-20)11-21-12-25(27(39-21)16-28(26)40-22)23-7-4-18(2)45-36(23)43/h3-7,9,11-18,23-24,31-32,38,40H,8,10H2,1-2H3. The van der Waals surface area contributed by atoms with Crippen LogP contribution in [0.1, 0.15) is 60.3 Å². The summed E-state index contributed by atoms with van der Waals surface area (Å²) in [6, 6.07) is 14.3. The van der Waals surface area contributed by atoms with Crippen molar-refractivity contribution in [3.05, 3.63) is 95.1 Å². The van der Waals surface area contributed by atoms with Gasteiger partial charge in [-0.3, -0.25) is 14.4 Å². The molecular weight excluding hydrogens is 645 g/mol. The second kappa shape index (κ2) is 11.1. The average molecular weight is 675 g/mol. The first-order valence-corrected chi connectivity index (χ1v) is 18.6. The largest absolute Gasteiger partial charge is 0.355 e. The van der Waals surface area contributed by atoms with Crippen molar-refractivity contribution in [2.24, 2.45) is 17.8 Å². The van der Waals surface area contributed by atoms with Crippen molar-refractivity contribution in [3.8, 4) is 0 Å². The number of aromatic amines is 2. The molecule has 2 N–H and O–H groups in total. The maximum absolute atomic E-state index is 13.3. The predicted molar refractivity (Wildman–Crippen MR) is 193 cm³/mol. The molecule has 10 heteroatoms. The highest BCUT2D eigenvalue weighted by Gasteiger charge is 2.45. The fourth-order valence-corrected chi connectivity index (χ4v) is 10.6. The smallest absolute Gasteiger partial charge is 0.200 e. The van der Waals surface area contributed by atoms with Crippen LogP contribution in [0, 0.1) is 17.8 Å². The zero-order chi connectivity index (χ0) is 32.0. The number of thioether (sulfide) groups is 3. The summed E-state index contributed by atoms with van der Waals surface area (Å²) in [5.41, 5.74) is 10.7. The number of allylic oxidation sites excluding steroid dienone is 4. The number of carbonyl (C=O) groups excluding carboxylic acids is 3. The van der Waals surface area contributed by atoms with Crippen LogP contribution in [-0.4, -0.2) is 45.8 Å². The molecule has 6 aliphatic heterocycles. The predicted octanol–water partition coefficient (Wildman–Crippen LogP) is 8.16. The van der Waals surface area contributed by atoms with Crippen molar-refractivity contribution in [2.75, 3.05) is 0 Å². The molecule has 3 aromatic rings. The van der Waals surface area contributed by atoms with Crippen LogP contribution in [0.3, 0.4) is 0 Å². The normalized spacial score (nSPS) is 28.2. The molecule has 0 aromatic carbocycles. The monoisotopic (exact) mass is 674 g/mol. The van der Waals surface area contributed by atoms with Crippen LogP contribution in [0.15, 0.2) is 66.8 Å². The first kappa shape index (κ1) is 29.3. The van der Waals surface area contributed by atoms with Crippen LogP contribution in [-0.2, 0) is 14.4 Å². The van der Waals surface area contributed by atoms with Gasteiger partial charge in [-0.25, -0.2) is 9.97 Å². The number of carbonyl (C=O) groups is 3. The fourth-order valence-electron chi connectivity index (χ4n) is 7.33. The van der Waals surface area contributed by atoms with Crippen LogP contribution in [0.25, 0.3) is 44.9 Å². The summed E-state index contributed by atoms with van der Waals surface area (Å²) < 4.78 is 0. The molecule has 3 aromatic heterocycles. The second-order valence-corrected chi connectivity index (χ2v) is 16.6. The molecule has 0 radical (unpaired) electrons. The third-order valence-corrected chi connectivity index (χ3v) is 13.2. The summed E-state index contributed by atoms with van der Waals surface area (Å²) in [5.74, 6) is -0.685. The summed E-state index contributed by atoms with van der Waals surface area (Å²) in [7, 11) is 0. The molecule has 1 aliphatic carbocycles. The lowest BCUT2D eigenvalue weighted by Gasteiger charge is -2.35. The Hall–Kier alpha value is -3.86. The van der Waals surface area contributed by atoms with Crippen LogP contribution in [0.5, 0.6) is 0 Å². The second-order valence-electron chi connectivity index (χ2n) is 12.9. The topological polar surface area (TPSA) is 109 Å². The number of hydrogen-bond donors (Lipinski definition) is 2. The van der Waals surface area contributed by atoms with Gasteiger partial charge in [0.25, 0.3) is 0 Å². The number of nitrogens with zero attached hydrogens (tertiary/aromatic N) is 2. The molecule has 6 unspecified atom stereocenters. The molecule has 9 heterocycles. The van der Waals surface area contributed by atoms with E-state index in [1.807, 2.05) is 62.4 Å². The molecule has 7 aliphatic rings. The first-order chi connectivity index (χ1) is 22.8. The molecule has 1 fully saturated rings. The van der Waals surface area contributed by atoms with Crippen molar-refractivity contribution in [3.63, 3.8) is 0 Å². The lowest BCUT2D eigenvalue weighted by Crippen LogP contribution is -2.30. The van der Waals surface area contributed by atoms with Crippen molar-refractivity contribution >= 4 is 95.5 Å². The van der Waals surface area contributed by atoms with E-state index >= 15 is 0 Å². The van der Waals surface area contributed by atoms with Crippen molar-refractivity contribution in [2.45, 2.75) is 42.4 Å². The van der Waals surface area contributed by atoms with Gasteiger partial charge in [0, 0.05) is 38.5 Å². The molecule has 6 atom stereocenters. The Morgan fingerprint density at radius 1 is 0.702 bits per heavy atom. The minimum atomic E-state index is -0.406. The van der Waals surface area contributed by atoms with Crippen LogP contribution >= 0.6 is 35.3 Å². The third kappa shape index (κ3) is 5.03. The number of fused-ring (bicyclic) bond motifs is 10. The fraction of sp³-hybridized carbons (Fsp3) is 0.270. The van der Waals surface area contributed by atoms with Crippen molar-refractivity contribution in [1.82, 2.24) is 19.9 Å². The maximum Gasteiger partial charge on any atom is 0.200 e. The van der Waals surface area contributed by atoms with Gasteiger partial charge in [-0.05, 0) is 90.6 Å². The van der Waals surface area contributed by atoms with E-state index in [2.05, 4.69) is 34.3 Å². The van der Waals surface area contributed by atoms with Gasteiger partial charge < -0.3 is 9.97 Å². The Morgan fingerprint density at radius 2 is 1.51 bits per heavy atom. The number of H-pyrrole nitrogens is 2. The minimum Gasteiger partial charge on any atom is -0.355 e. The van der Waals surface area contributed by atoms with E-state index in [9.17, 15) is 14.4 Å². The minimum absolute atomic E-state index is 0.0882. The van der Waals surface area contributed by atoms with Gasteiger partial charge in [0.2, 0.25) is 5.12 Å². The third-order valence-electron chi connectivity index (χ3n) is 9.63. The van der Waals surface area contributed by atoms with Crippen LogP contribution in [0.2, 0.25) is 0 Å². The maximum atomic E-state index is 13.3. The van der Waals surface area contributed by atoms with Gasteiger partial charge in [0.05, 0.1) is 39.9 Å². The molecule has 234 valence electrons. The molecule has 47 heavy (non-hydrogen) atoms. The summed E-state index contributed by atoms with van der Waals surface area (Å²) in [5, 5.41) is 0.529. The Labute approximate surface area is 283 Å². The van der Waals surface area contributed by atoms with Crippen molar-refractivity contribution in [1.29, 1.82) is 0 Å². The summed E-state index contributed by atoms with van der Waals surface area (Å²) >= 11 is 4.14. The van der Waals surface area contributed by atoms with E-state index in [0.717, 1.165) is 80.0 Å². The summed E-state index contributed by atoms with van der Waals surface area (Å²) in [6.07, 6.45) is 12.0. The molecule has 0 saturated carbocycles. The van der Waals surface area contributed by atoms with E-state index in [1.54, 1.807) is 0 Å². The molecule has 10 rings (SSSR count). The van der Waals surface area contributed by atoms with Gasteiger partial charge in [-0.15, -0.1) is 0 Å². The number of rotatable bonds is 2. The Balaban J connectivity index is 1.32. The lowest BCUT2D eigenvalue weighted by atomic mass is 9.81. The highest BCUT2D eigenvalue weighted by molar-refractivity contribution is 8.15.